The first-order chi connectivity index (χ1) is 11.0. The van der Waals surface area contributed by atoms with Crippen molar-refractivity contribution in [3.8, 4) is 11.5 Å². The maximum atomic E-state index is 12.0. The molecule has 7 nitrogen and oxygen atoms in total. The summed E-state index contributed by atoms with van der Waals surface area (Å²) in [5.41, 5.74) is 5.94. The van der Waals surface area contributed by atoms with Crippen molar-refractivity contribution >= 4 is 23.2 Å². The van der Waals surface area contributed by atoms with Gasteiger partial charge in [0, 0.05) is 24.8 Å². The Balaban J connectivity index is 2.49. The Morgan fingerprint density at radius 1 is 1.22 bits per heavy atom. The van der Waals surface area contributed by atoms with Gasteiger partial charge in [0.05, 0.1) is 27.2 Å². The van der Waals surface area contributed by atoms with Crippen LogP contribution in [0.25, 0.3) is 0 Å². The minimum absolute atomic E-state index is 0.0404. The van der Waals surface area contributed by atoms with E-state index in [9.17, 15) is 4.79 Å². The minimum Gasteiger partial charge on any atom is -0.497 e. The molecule has 0 bridgehead atoms. The van der Waals surface area contributed by atoms with E-state index >= 15 is 0 Å². The Hall–Kier alpha value is -2.06. The molecule has 8 heteroatoms. The number of carbonyl (C=O) groups excluding carboxylic acids is 1. The smallest absolute Gasteiger partial charge is 0.242 e. The molecule has 0 unspecified atom stereocenters. The minimum atomic E-state index is -0.239. The fourth-order valence-electron chi connectivity index (χ4n) is 1.89. The molecule has 0 aliphatic rings. The Bertz CT molecular complexity index is 539. The van der Waals surface area contributed by atoms with Gasteiger partial charge in [-0.3, -0.25) is 15.6 Å². The van der Waals surface area contributed by atoms with Crippen LogP contribution in [0.3, 0.4) is 0 Å². The van der Waals surface area contributed by atoms with Crippen LogP contribution in [0.2, 0.25) is 0 Å². The number of hydrazine groups is 1. The van der Waals surface area contributed by atoms with Gasteiger partial charge in [0.25, 0.3) is 0 Å². The number of amides is 1. The molecule has 1 rings (SSSR count). The van der Waals surface area contributed by atoms with Crippen LogP contribution in [-0.4, -0.2) is 45.0 Å². The summed E-state index contributed by atoms with van der Waals surface area (Å²) in [5, 5.41) is 3.30. The van der Waals surface area contributed by atoms with Crippen LogP contribution in [0, 0.1) is 0 Å². The van der Waals surface area contributed by atoms with Gasteiger partial charge in [-0.15, -0.1) is 0 Å². The van der Waals surface area contributed by atoms with Gasteiger partial charge >= 0.3 is 0 Å². The lowest BCUT2D eigenvalue weighted by atomic mass is 10.1. The molecule has 0 aliphatic carbocycles. The van der Waals surface area contributed by atoms with Crippen molar-refractivity contribution in [2.45, 2.75) is 19.4 Å². The van der Waals surface area contributed by atoms with E-state index in [-0.39, 0.29) is 18.4 Å². The maximum absolute atomic E-state index is 12.0. The normalized spacial score (nSPS) is 11.3. The van der Waals surface area contributed by atoms with E-state index in [1.807, 2.05) is 6.92 Å². The van der Waals surface area contributed by atoms with Crippen LogP contribution in [-0.2, 0) is 16.0 Å². The lowest BCUT2D eigenvalue weighted by Crippen LogP contribution is -2.50. The molecule has 0 heterocycles. The topological polar surface area (TPSA) is 80.9 Å². The second kappa shape index (κ2) is 9.86. The molecular weight excluding hydrogens is 318 g/mol. The number of hydrogen-bond donors (Lipinski definition) is 3. The molecule has 0 radical (unpaired) electrons. The fourth-order valence-corrected chi connectivity index (χ4v) is 2.15. The molecule has 1 atom stereocenters. The highest BCUT2D eigenvalue weighted by molar-refractivity contribution is 7.80. The number of rotatable bonds is 7. The van der Waals surface area contributed by atoms with E-state index in [1.54, 1.807) is 39.5 Å². The predicted octanol–water partition coefficient (Wildman–Crippen LogP) is 0.777. The Kier molecular flexibility index (Phi) is 8.14. The number of hydrogen-bond acceptors (Lipinski definition) is 5. The average molecular weight is 341 g/mol. The SMILES string of the molecule is COC[C@H](C)NC(=S)NNC(=O)Cc1ccc(OC)cc1OC. The number of ether oxygens (including phenoxy) is 3. The van der Waals surface area contributed by atoms with Crippen molar-refractivity contribution in [1.82, 2.24) is 16.2 Å². The van der Waals surface area contributed by atoms with Crippen LogP contribution in [0.1, 0.15) is 12.5 Å². The monoisotopic (exact) mass is 341 g/mol. The summed E-state index contributed by atoms with van der Waals surface area (Å²) in [6.07, 6.45) is 0.149. The van der Waals surface area contributed by atoms with Gasteiger partial charge in [-0.25, -0.2) is 0 Å². The average Bonchev–Trinajstić information content (AvgIpc) is 2.53. The van der Waals surface area contributed by atoms with Gasteiger partial charge in [-0.1, -0.05) is 6.07 Å². The zero-order valence-corrected chi connectivity index (χ0v) is 14.6. The Morgan fingerprint density at radius 2 is 1.96 bits per heavy atom. The number of methoxy groups -OCH3 is 3. The van der Waals surface area contributed by atoms with E-state index in [4.69, 9.17) is 26.4 Å². The van der Waals surface area contributed by atoms with Crippen LogP contribution < -0.4 is 25.6 Å². The number of nitrogens with one attached hydrogen (secondary N) is 3. The van der Waals surface area contributed by atoms with Crippen molar-refractivity contribution in [3.05, 3.63) is 23.8 Å². The first kappa shape index (κ1) is 19.0. The Labute approximate surface area is 141 Å². The van der Waals surface area contributed by atoms with Crippen LogP contribution in [0.5, 0.6) is 11.5 Å². The number of benzene rings is 1. The van der Waals surface area contributed by atoms with Crippen molar-refractivity contribution in [2.24, 2.45) is 0 Å². The first-order valence-corrected chi connectivity index (χ1v) is 7.46. The molecule has 23 heavy (non-hydrogen) atoms. The summed E-state index contributed by atoms with van der Waals surface area (Å²) in [5.74, 6) is 1.02. The van der Waals surface area contributed by atoms with Gasteiger partial charge in [0.2, 0.25) is 5.91 Å². The highest BCUT2D eigenvalue weighted by atomic mass is 32.1. The molecule has 0 saturated carbocycles. The van der Waals surface area contributed by atoms with Crippen molar-refractivity contribution in [1.29, 1.82) is 0 Å². The standard InChI is InChI=1S/C15H23N3O4S/c1-10(9-20-2)16-15(23)18-17-14(19)7-11-5-6-12(21-3)8-13(11)22-4/h5-6,8,10H,7,9H2,1-4H3,(H,17,19)(H2,16,18,23)/t10-/m0/s1. The van der Waals surface area contributed by atoms with Gasteiger partial charge in [-0.05, 0) is 25.2 Å². The molecule has 128 valence electrons. The maximum Gasteiger partial charge on any atom is 0.242 e. The zero-order valence-electron chi connectivity index (χ0n) is 13.8. The molecular formula is C15H23N3O4S. The Morgan fingerprint density at radius 3 is 2.57 bits per heavy atom. The highest BCUT2D eigenvalue weighted by Crippen LogP contribution is 2.24. The second-order valence-corrected chi connectivity index (χ2v) is 5.27. The zero-order chi connectivity index (χ0) is 17.2. The van der Waals surface area contributed by atoms with Gasteiger partial charge in [0.15, 0.2) is 5.11 Å². The summed E-state index contributed by atoms with van der Waals surface area (Å²) in [7, 11) is 4.73. The van der Waals surface area contributed by atoms with Gasteiger partial charge in [0.1, 0.15) is 11.5 Å². The fraction of sp³-hybridized carbons (Fsp3) is 0.467. The van der Waals surface area contributed by atoms with E-state index < -0.39 is 0 Å². The molecule has 3 N–H and O–H groups in total. The molecule has 1 aromatic carbocycles. The second-order valence-electron chi connectivity index (χ2n) is 4.86. The van der Waals surface area contributed by atoms with Crippen LogP contribution in [0.4, 0.5) is 0 Å². The van der Waals surface area contributed by atoms with Gasteiger partial charge in [-0.2, -0.15) is 0 Å². The summed E-state index contributed by atoms with van der Waals surface area (Å²) in [6.45, 7) is 2.43. The van der Waals surface area contributed by atoms with Crippen LogP contribution >= 0.6 is 12.2 Å². The highest BCUT2D eigenvalue weighted by Gasteiger charge is 2.10. The van der Waals surface area contributed by atoms with E-state index in [2.05, 4.69) is 16.2 Å². The quantitative estimate of drug-likeness (QED) is 0.499. The van der Waals surface area contributed by atoms with Crippen molar-refractivity contribution in [3.63, 3.8) is 0 Å². The van der Waals surface area contributed by atoms with Crippen molar-refractivity contribution < 1.29 is 19.0 Å². The number of thiocarbonyl (C=S) groups is 1. The lowest BCUT2D eigenvalue weighted by molar-refractivity contribution is -0.121. The van der Waals surface area contributed by atoms with E-state index in [0.29, 0.717) is 23.2 Å². The first-order valence-electron chi connectivity index (χ1n) is 7.05. The summed E-state index contributed by atoms with van der Waals surface area (Å²) >= 11 is 5.08. The molecule has 0 aliphatic heterocycles. The third-order valence-corrected chi connectivity index (χ3v) is 3.17. The van der Waals surface area contributed by atoms with E-state index in [1.165, 1.54) is 0 Å². The molecule has 1 aromatic rings. The van der Waals surface area contributed by atoms with E-state index in [0.717, 1.165) is 5.56 Å². The predicted molar refractivity (Wildman–Crippen MR) is 91.6 cm³/mol. The molecule has 0 saturated heterocycles. The van der Waals surface area contributed by atoms with Gasteiger partial charge < -0.3 is 19.5 Å². The molecule has 0 aromatic heterocycles. The number of carbonyl (C=O) groups is 1. The third kappa shape index (κ3) is 6.70. The molecule has 0 fully saturated rings. The third-order valence-electron chi connectivity index (χ3n) is 2.95. The summed E-state index contributed by atoms with van der Waals surface area (Å²) in [6, 6.07) is 5.33. The summed E-state index contributed by atoms with van der Waals surface area (Å²) < 4.78 is 15.4. The summed E-state index contributed by atoms with van der Waals surface area (Å²) in [4.78, 5) is 12.0. The lowest BCUT2D eigenvalue weighted by Gasteiger charge is -2.16. The molecule has 0 spiro atoms. The molecule has 1 amide bonds. The van der Waals surface area contributed by atoms with Crippen molar-refractivity contribution in [2.75, 3.05) is 27.9 Å². The van der Waals surface area contributed by atoms with Crippen LogP contribution in [0.15, 0.2) is 18.2 Å². The largest absolute Gasteiger partial charge is 0.497 e.